The first-order chi connectivity index (χ1) is 12.5. The van der Waals surface area contributed by atoms with Gasteiger partial charge in [-0.25, -0.2) is 0 Å². The molecule has 2 aliphatic rings. The second kappa shape index (κ2) is 7.91. The van der Waals surface area contributed by atoms with Crippen molar-refractivity contribution in [3.05, 3.63) is 35.4 Å². The predicted octanol–water partition coefficient (Wildman–Crippen LogP) is 2.11. The third-order valence-electron chi connectivity index (χ3n) is 5.50. The lowest BCUT2D eigenvalue weighted by atomic mass is 9.93. The van der Waals surface area contributed by atoms with E-state index in [1.165, 1.54) is 0 Å². The summed E-state index contributed by atoms with van der Waals surface area (Å²) in [6.07, 6.45) is 4.88. The van der Waals surface area contributed by atoms with Crippen LogP contribution in [0.2, 0.25) is 0 Å². The molecule has 136 valence electrons. The number of carbonyl (C=O) groups excluding carboxylic acids is 1. The molecule has 0 spiro atoms. The molecule has 1 saturated heterocycles. The SMILES string of the molecule is N#Cc1cccc([C@@H](C#CC2(O)CCCC2)N2CCC(C(N)=O)CC2)c1. The van der Waals surface area contributed by atoms with Gasteiger partial charge in [-0.1, -0.05) is 24.0 Å². The zero-order valence-corrected chi connectivity index (χ0v) is 14.9. The van der Waals surface area contributed by atoms with Crippen LogP contribution in [-0.2, 0) is 4.79 Å². The van der Waals surface area contributed by atoms with E-state index in [9.17, 15) is 15.2 Å². The minimum Gasteiger partial charge on any atom is -0.378 e. The van der Waals surface area contributed by atoms with Gasteiger partial charge in [0.05, 0.1) is 17.7 Å². The molecule has 0 unspecified atom stereocenters. The van der Waals surface area contributed by atoms with Gasteiger partial charge in [0, 0.05) is 19.0 Å². The van der Waals surface area contributed by atoms with Gasteiger partial charge in [0.2, 0.25) is 5.91 Å². The Morgan fingerprint density at radius 3 is 2.62 bits per heavy atom. The summed E-state index contributed by atoms with van der Waals surface area (Å²) in [5, 5.41) is 19.8. The van der Waals surface area contributed by atoms with E-state index < -0.39 is 5.60 Å². The summed E-state index contributed by atoms with van der Waals surface area (Å²) in [5.41, 5.74) is 6.10. The zero-order chi connectivity index (χ0) is 18.6. The van der Waals surface area contributed by atoms with E-state index in [1.54, 1.807) is 6.07 Å². The number of nitrogens with zero attached hydrogens (tertiary/aromatic N) is 2. The molecular formula is C21H25N3O2. The quantitative estimate of drug-likeness (QED) is 0.816. The topological polar surface area (TPSA) is 90.3 Å². The largest absolute Gasteiger partial charge is 0.378 e. The number of hydrogen-bond donors (Lipinski definition) is 2. The third-order valence-corrected chi connectivity index (χ3v) is 5.50. The number of rotatable bonds is 3. The summed E-state index contributed by atoms with van der Waals surface area (Å²) >= 11 is 0. The van der Waals surface area contributed by atoms with Crippen molar-refractivity contribution in [3.63, 3.8) is 0 Å². The van der Waals surface area contributed by atoms with Gasteiger partial charge in [-0.15, -0.1) is 0 Å². The number of piperidine rings is 1. The Hall–Kier alpha value is -2.34. The van der Waals surface area contributed by atoms with Crippen molar-refractivity contribution < 1.29 is 9.90 Å². The monoisotopic (exact) mass is 351 g/mol. The minimum absolute atomic E-state index is 0.0793. The molecule has 0 radical (unpaired) electrons. The first-order valence-corrected chi connectivity index (χ1v) is 9.29. The molecule has 1 heterocycles. The highest BCUT2D eigenvalue weighted by molar-refractivity contribution is 5.76. The van der Waals surface area contributed by atoms with Crippen molar-refractivity contribution in [3.8, 4) is 17.9 Å². The Labute approximate surface area is 154 Å². The summed E-state index contributed by atoms with van der Waals surface area (Å²) in [7, 11) is 0. The van der Waals surface area contributed by atoms with Crippen LogP contribution in [0.25, 0.3) is 0 Å². The fraction of sp³-hybridized carbons (Fsp3) is 0.524. The smallest absolute Gasteiger partial charge is 0.220 e. The average molecular weight is 351 g/mol. The van der Waals surface area contributed by atoms with Gasteiger partial charge < -0.3 is 10.8 Å². The van der Waals surface area contributed by atoms with Crippen LogP contribution in [0.5, 0.6) is 0 Å². The Balaban J connectivity index is 1.86. The number of aliphatic hydroxyl groups is 1. The van der Waals surface area contributed by atoms with E-state index in [0.717, 1.165) is 44.3 Å². The van der Waals surface area contributed by atoms with Crippen LogP contribution >= 0.6 is 0 Å². The van der Waals surface area contributed by atoms with Crippen molar-refractivity contribution in [1.82, 2.24) is 4.90 Å². The van der Waals surface area contributed by atoms with Gasteiger partial charge in [-0.3, -0.25) is 9.69 Å². The van der Waals surface area contributed by atoms with E-state index in [-0.39, 0.29) is 17.9 Å². The van der Waals surface area contributed by atoms with E-state index in [0.29, 0.717) is 18.4 Å². The number of nitrogens with two attached hydrogens (primary N) is 1. The summed E-state index contributed by atoms with van der Waals surface area (Å²) in [6.45, 7) is 1.45. The van der Waals surface area contributed by atoms with Gasteiger partial charge in [-0.05, 0) is 56.2 Å². The summed E-state index contributed by atoms with van der Waals surface area (Å²) < 4.78 is 0. The normalized spacial score (nSPS) is 21.4. The van der Waals surface area contributed by atoms with Crippen LogP contribution in [0.1, 0.15) is 55.7 Å². The van der Waals surface area contributed by atoms with Crippen molar-refractivity contribution in [2.75, 3.05) is 13.1 Å². The first kappa shape index (κ1) is 18.5. The molecule has 3 N–H and O–H groups in total. The number of primary amides is 1. The zero-order valence-electron chi connectivity index (χ0n) is 14.9. The summed E-state index contributed by atoms with van der Waals surface area (Å²) in [5.74, 6) is 6.08. The van der Waals surface area contributed by atoms with Crippen molar-refractivity contribution in [2.45, 2.75) is 50.2 Å². The maximum Gasteiger partial charge on any atom is 0.220 e. The molecule has 0 aromatic heterocycles. The number of nitriles is 1. The molecule has 1 atom stereocenters. The van der Waals surface area contributed by atoms with Gasteiger partial charge in [0.25, 0.3) is 0 Å². The molecule has 2 fully saturated rings. The molecule has 1 amide bonds. The van der Waals surface area contributed by atoms with Crippen LogP contribution in [0.3, 0.4) is 0 Å². The third kappa shape index (κ3) is 4.25. The van der Waals surface area contributed by atoms with Crippen molar-refractivity contribution in [2.24, 2.45) is 11.7 Å². The second-order valence-electron chi connectivity index (χ2n) is 7.36. The number of amides is 1. The Kier molecular flexibility index (Phi) is 5.61. The molecule has 1 aliphatic carbocycles. The number of likely N-dealkylation sites (tertiary alicyclic amines) is 1. The van der Waals surface area contributed by atoms with Crippen molar-refractivity contribution >= 4 is 5.91 Å². The molecule has 0 bridgehead atoms. The molecule has 1 aromatic carbocycles. The molecule has 1 saturated carbocycles. The van der Waals surface area contributed by atoms with E-state index in [1.807, 2.05) is 18.2 Å². The highest BCUT2D eigenvalue weighted by Gasteiger charge is 2.31. The molecule has 26 heavy (non-hydrogen) atoms. The minimum atomic E-state index is -0.892. The predicted molar refractivity (Wildman–Crippen MR) is 98.6 cm³/mol. The summed E-state index contributed by atoms with van der Waals surface area (Å²) in [6, 6.07) is 9.45. The highest BCUT2D eigenvalue weighted by Crippen LogP contribution is 2.31. The molecule has 5 nitrogen and oxygen atoms in total. The number of carbonyl (C=O) groups is 1. The van der Waals surface area contributed by atoms with Crippen LogP contribution in [0.4, 0.5) is 0 Å². The van der Waals surface area contributed by atoms with Crippen LogP contribution in [-0.4, -0.2) is 34.6 Å². The van der Waals surface area contributed by atoms with Gasteiger partial charge in [0.15, 0.2) is 0 Å². The Morgan fingerprint density at radius 2 is 2.00 bits per heavy atom. The Morgan fingerprint density at radius 1 is 1.31 bits per heavy atom. The highest BCUT2D eigenvalue weighted by atomic mass is 16.3. The van der Waals surface area contributed by atoms with E-state index in [2.05, 4.69) is 22.8 Å². The fourth-order valence-electron chi connectivity index (χ4n) is 3.89. The summed E-state index contributed by atoms with van der Waals surface area (Å²) in [4.78, 5) is 13.7. The average Bonchev–Trinajstić information content (AvgIpc) is 3.09. The fourth-order valence-corrected chi connectivity index (χ4v) is 3.89. The standard InChI is InChI=1S/C21H25N3O2/c22-15-16-4-3-5-18(14-16)19(6-11-21(26)9-1-2-10-21)24-12-7-17(8-13-24)20(23)25/h3-5,14,17,19,26H,1-2,7-10,12-13H2,(H2,23,25)/t19-/m1/s1. The second-order valence-corrected chi connectivity index (χ2v) is 7.36. The van der Waals surface area contributed by atoms with Crippen molar-refractivity contribution in [1.29, 1.82) is 5.26 Å². The molecular weight excluding hydrogens is 326 g/mol. The van der Waals surface area contributed by atoms with E-state index >= 15 is 0 Å². The number of hydrogen-bond acceptors (Lipinski definition) is 4. The van der Waals surface area contributed by atoms with Gasteiger partial charge in [0.1, 0.15) is 5.60 Å². The lowest BCUT2D eigenvalue weighted by Gasteiger charge is -2.34. The molecule has 5 heteroatoms. The molecule has 1 aromatic rings. The van der Waals surface area contributed by atoms with Crippen LogP contribution in [0, 0.1) is 29.1 Å². The maximum absolute atomic E-state index is 11.4. The van der Waals surface area contributed by atoms with Gasteiger partial charge >= 0.3 is 0 Å². The lowest BCUT2D eigenvalue weighted by Crippen LogP contribution is -2.40. The van der Waals surface area contributed by atoms with Crippen LogP contribution < -0.4 is 5.73 Å². The molecule has 3 rings (SSSR count). The van der Waals surface area contributed by atoms with E-state index in [4.69, 9.17) is 5.73 Å². The van der Waals surface area contributed by atoms with Gasteiger partial charge in [-0.2, -0.15) is 5.26 Å². The Bertz CT molecular complexity index is 757. The number of benzene rings is 1. The lowest BCUT2D eigenvalue weighted by molar-refractivity contribution is -0.123. The maximum atomic E-state index is 11.4. The molecule has 1 aliphatic heterocycles. The first-order valence-electron chi connectivity index (χ1n) is 9.29. The van der Waals surface area contributed by atoms with Crippen LogP contribution in [0.15, 0.2) is 24.3 Å².